The Morgan fingerprint density at radius 1 is 1.20 bits per heavy atom. The van der Waals surface area contributed by atoms with E-state index in [1.54, 1.807) is 0 Å². The van der Waals surface area contributed by atoms with Gasteiger partial charge in [-0.15, -0.1) is 0 Å². The van der Waals surface area contributed by atoms with Gasteiger partial charge in [0.1, 0.15) is 0 Å². The molecule has 0 aromatic carbocycles. The van der Waals surface area contributed by atoms with E-state index in [0.717, 1.165) is 19.3 Å². The summed E-state index contributed by atoms with van der Waals surface area (Å²) in [6.07, 6.45) is 0.403. The maximum atomic E-state index is 12.5. The van der Waals surface area contributed by atoms with Crippen molar-refractivity contribution in [2.45, 2.75) is 63.7 Å². The van der Waals surface area contributed by atoms with E-state index in [9.17, 15) is 18.0 Å². The highest BCUT2D eigenvalue weighted by Crippen LogP contribution is 2.32. The fourth-order valence-electron chi connectivity index (χ4n) is 3.23. The lowest BCUT2D eigenvalue weighted by Crippen LogP contribution is -2.53. The molecular formula is C14H23F3N2O. The van der Waals surface area contributed by atoms with Crippen LogP contribution in [0, 0.1) is 11.8 Å². The van der Waals surface area contributed by atoms with Crippen LogP contribution in [0.4, 0.5) is 13.2 Å². The van der Waals surface area contributed by atoms with Crippen LogP contribution in [0.15, 0.2) is 0 Å². The lowest BCUT2D eigenvalue weighted by atomic mass is 9.86. The standard InChI is InChI=1S/C14H23F3N2O/c1-9-3-2-4-11(7-9)19-13(20)12-6-5-10(8-18-12)14(15,16)17/h9-12,18H,2-8H2,1H3,(H,19,20). The van der Waals surface area contributed by atoms with Gasteiger partial charge in [0, 0.05) is 12.6 Å². The monoisotopic (exact) mass is 292 g/mol. The van der Waals surface area contributed by atoms with Crippen molar-refractivity contribution >= 4 is 5.91 Å². The van der Waals surface area contributed by atoms with Crippen LogP contribution in [0.1, 0.15) is 45.4 Å². The van der Waals surface area contributed by atoms with Crippen LogP contribution >= 0.6 is 0 Å². The van der Waals surface area contributed by atoms with Crippen molar-refractivity contribution < 1.29 is 18.0 Å². The van der Waals surface area contributed by atoms with Crippen LogP contribution in [-0.4, -0.2) is 30.7 Å². The van der Waals surface area contributed by atoms with Gasteiger partial charge in [-0.05, 0) is 31.6 Å². The van der Waals surface area contributed by atoms with Crippen LogP contribution in [0.2, 0.25) is 0 Å². The van der Waals surface area contributed by atoms with Crippen molar-refractivity contribution in [3.8, 4) is 0 Å². The molecule has 4 atom stereocenters. The molecule has 20 heavy (non-hydrogen) atoms. The summed E-state index contributed by atoms with van der Waals surface area (Å²) >= 11 is 0. The SMILES string of the molecule is CC1CCCC(NC(=O)C2CCC(C(F)(F)F)CN2)C1. The lowest BCUT2D eigenvalue weighted by Gasteiger charge is -2.33. The minimum absolute atomic E-state index is 0.0374. The van der Waals surface area contributed by atoms with E-state index in [0.29, 0.717) is 5.92 Å². The maximum absolute atomic E-state index is 12.5. The van der Waals surface area contributed by atoms with Crippen molar-refractivity contribution in [2.24, 2.45) is 11.8 Å². The van der Waals surface area contributed by atoms with Crippen LogP contribution < -0.4 is 10.6 Å². The van der Waals surface area contributed by atoms with Gasteiger partial charge in [0.15, 0.2) is 0 Å². The van der Waals surface area contributed by atoms with Crippen molar-refractivity contribution in [3.63, 3.8) is 0 Å². The Kier molecular flexibility index (Phi) is 4.94. The Morgan fingerprint density at radius 2 is 1.95 bits per heavy atom. The molecule has 1 aliphatic carbocycles. The van der Waals surface area contributed by atoms with E-state index >= 15 is 0 Å². The van der Waals surface area contributed by atoms with Gasteiger partial charge in [0.2, 0.25) is 5.91 Å². The predicted octanol–water partition coefficient (Wildman–Crippen LogP) is 2.61. The summed E-state index contributed by atoms with van der Waals surface area (Å²) in [5.74, 6) is -0.839. The van der Waals surface area contributed by atoms with E-state index < -0.39 is 18.1 Å². The Labute approximate surface area is 117 Å². The van der Waals surface area contributed by atoms with Gasteiger partial charge in [-0.3, -0.25) is 4.79 Å². The number of hydrogen-bond donors (Lipinski definition) is 2. The van der Waals surface area contributed by atoms with E-state index in [1.165, 1.54) is 6.42 Å². The Bertz CT molecular complexity index is 338. The molecule has 3 nitrogen and oxygen atoms in total. The summed E-state index contributed by atoms with van der Waals surface area (Å²) < 4.78 is 37.6. The molecule has 4 unspecified atom stereocenters. The summed E-state index contributed by atoms with van der Waals surface area (Å²) in [5, 5.41) is 5.73. The van der Waals surface area contributed by atoms with Crippen molar-refractivity contribution in [3.05, 3.63) is 0 Å². The highest BCUT2D eigenvalue weighted by atomic mass is 19.4. The van der Waals surface area contributed by atoms with Gasteiger partial charge in [-0.25, -0.2) is 0 Å². The van der Waals surface area contributed by atoms with Crippen molar-refractivity contribution in [1.29, 1.82) is 0 Å². The molecule has 0 aromatic rings. The molecule has 1 saturated heterocycles. The zero-order valence-corrected chi connectivity index (χ0v) is 11.8. The normalized spacial score (nSPS) is 35.6. The third kappa shape index (κ3) is 4.11. The third-order valence-corrected chi connectivity index (χ3v) is 4.48. The molecule has 1 heterocycles. The molecule has 0 bridgehead atoms. The fourth-order valence-corrected chi connectivity index (χ4v) is 3.23. The number of alkyl halides is 3. The lowest BCUT2D eigenvalue weighted by molar-refractivity contribution is -0.180. The van der Waals surface area contributed by atoms with Crippen LogP contribution in [-0.2, 0) is 4.79 Å². The second-order valence-electron chi connectivity index (χ2n) is 6.25. The minimum Gasteiger partial charge on any atom is -0.352 e. The quantitative estimate of drug-likeness (QED) is 0.821. The van der Waals surface area contributed by atoms with Gasteiger partial charge >= 0.3 is 6.18 Å². The smallest absolute Gasteiger partial charge is 0.352 e. The van der Waals surface area contributed by atoms with Crippen molar-refractivity contribution in [1.82, 2.24) is 10.6 Å². The average molecular weight is 292 g/mol. The Hall–Kier alpha value is -0.780. The van der Waals surface area contributed by atoms with E-state index in [2.05, 4.69) is 17.6 Å². The first-order chi connectivity index (χ1) is 9.36. The number of piperidine rings is 1. The molecule has 0 spiro atoms. The highest BCUT2D eigenvalue weighted by Gasteiger charge is 2.42. The number of nitrogens with one attached hydrogen (secondary N) is 2. The van der Waals surface area contributed by atoms with Gasteiger partial charge in [-0.2, -0.15) is 13.2 Å². The minimum atomic E-state index is -4.16. The number of carbonyl (C=O) groups is 1. The van der Waals surface area contributed by atoms with Gasteiger partial charge in [0.05, 0.1) is 12.0 Å². The molecule has 6 heteroatoms. The molecule has 116 valence electrons. The molecule has 2 N–H and O–H groups in total. The van der Waals surface area contributed by atoms with Crippen LogP contribution in [0.5, 0.6) is 0 Å². The molecule has 0 radical (unpaired) electrons. The molecule has 1 aliphatic heterocycles. The number of rotatable bonds is 2. The zero-order valence-electron chi connectivity index (χ0n) is 11.8. The molecule has 2 aliphatic rings. The average Bonchev–Trinajstić information content (AvgIpc) is 2.38. The van der Waals surface area contributed by atoms with E-state index in [1.807, 2.05) is 0 Å². The first-order valence-corrected chi connectivity index (χ1v) is 7.46. The summed E-state index contributed by atoms with van der Waals surface area (Å²) in [4.78, 5) is 12.1. The maximum Gasteiger partial charge on any atom is 0.393 e. The topological polar surface area (TPSA) is 41.1 Å². The molecule has 1 amide bonds. The molecule has 0 aromatic heterocycles. The van der Waals surface area contributed by atoms with Crippen LogP contribution in [0.25, 0.3) is 0 Å². The molecule has 2 rings (SSSR count). The summed E-state index contributed by atoms with van der Waals surface area (Å²) in [6, 6.07) is -0.278. The van der Waals surface area contributed by atoms with E-state index in [4.69, 9.17) is 0 Å². The summed E-state index contributed by atoms with van der Waals surface area (Å²) in [5.41, 5.74) is 0. The number of amides is 1. The first-order valence-electron chi connectivity index (χ1n) is 7.46. The first kappa shape index (κ1) is 15.6. The second-order valence-corrected chi connectivity index (χ2v) is 6.25. The van der Waals surface area contributed by atoms with Crippen molar-refractivity contribution in [2.75, 3.05) is 6.54 Å². The number of hydrogen-bond acceptors (Lipinski definition) is 2. The highest BCUT2D eigenvalue weighted by molar-refractivity contribution is 5.82. The number of carbonyl (C=O) groups excluding carboxylic acids is 1. The fraction of sp³-hybridized carbons (Fsp3) is 0.929. The van der Waals surface area contributed by atoms with Gasteiger partial charge in [-0.1, -0.05) is 19.8 Å². The third-order valence-electron chi connectivity index (χ3n) is 4.48. The van der Waals surface area contributed by atoms with Gasteiger partial charge < -0.3 is 10.6 Å². The molecular weight excluding hydrogens is 269 g/mol. The molecule has 1 saturated carbocycles. The van der Waals surface area contributed by atoms with E-state index in [-0.39, 0.29) is 31.3 Å². The summed E-state index contributed by atoms with van der Waals surface area (Å²) in [7, 11) is 0. The Morgan fingerprint density at radius 3 is 2.50 bits per heavy atom. The number of halogens is 3. The predicted molar refractivity (Wildman–Crippen MR) is 70.1 cm³/mol. The zero-order chi connectivity index (χ0) is 14.8. The Balaban J connectivity index is 1.77. The second kappa shape index (κ2) is 6.33. The largest absolute Gasteiger partial charge is 0.393 e. The molecule has 2 fully saturated rings. The summed E-state index contributed by atoms with van der Waals surface area (Å²) in [6.45, 7) is 2.02. The van der Waals surface area contributed by atoms with Gasteiger partial charge in [0.25, 0.3) is 0 Å². The van der Waals surface area contributed by atoms with Crippen LogP contribution in [0.3, 0.4) is 0 Å².